The van der Waals surface area contributed by atoms with Crippen LogP contribution < -0.4 is 5.56 Å². The Morgan fingerprint density at radius 1 is 1.00 bits per heavy atom. The quantitative estimate of drug-likeness (QED) is 0.345. The highest BCUT2D eigenvalue weighted by atomic mass is 32.2. The van der Waals surface area contributed by atoms with Gasteiger partial charge in [-0.15, -0.1) is 0 Å². The fourth-order valence-corrected chi connectivity index (χ4v) is 4.25. The molecule has 0 aliphatic heterocycles. The van der Waals surface area contributed by atoms with Crippen LogP contribution in [0.3, 0.4) is 0 Å². The van der Waals surface area contributed by atoms with Crippen LogP contribution in [-0.4, -0.2) is 15.0 Å². The van der Waals surface area contributed by atoms with Crippen molar-refractivity contribution in [3.63, 3.8) is 0 Å². The number of fused-ring (bicyclic) bond motifs is 6. The highest BCUT2D eigenvalue weighted by Gasteiger charge is 2.15. The molecule has 6 heteroatoms. The molecule has 4 nitrogen and oxygen atoms in total. The van der Waals surface area contributed by atoms with Crippen molar-refractivity contribution in [1.29, 1.82) is 0 Å². The summed E-state index contributed by atoms with van der Waals surface area (Å²) in [5, 5.41) is 3.32. The summed E-state index contributed by atoms with van der Waals surface area (Å²) in [6, 6.07) is 16.5. The Hall–Kier alpha value is -3.12. The fourth-order valence-electron chi connectivity index (χ4n) is 3.42. The number of halogens is 1. The van der Waals surface area contributed by atoms with E-state index in [1.54, 1.807) is 24.0 Å². The third kappa shape index (κ3) is 2.69. The second-order valence-electron chi connectivity index (χ2n) is 6.33. The van der Waals surface area contributed by atoms with Gasteiger partial charge < -0.3 is 9.97 Å². The van der Waals surface area contributed by atoms with E-state index in [2.05, 4.69) is 22.1 Å². The number of aromatic amines is 2. The topological polar surface area (TPSA) is 61.5 Å². The summed E-state index contributed by atoms with van der Waals surface area (Å²) >= 11 is 1.60. The molecule has 2 N–H and O–H groups in total. The summed E-state index contributed by atoms with van der Waals surface area (Å²) < 4.78 is 13.9. The second kappa shape index (κ2) is 6.25. The third-order valence-electron chi connectivity index (χ3n) is 4.64. The number of nitrogens with zero attached hydrogens (tertiary/aromatic N) is 1. The van der Waals surface area contributed by atoms with Crippen LogP contribution in [0.1, 0.15) is 5.56 Å². The van der Waals surface area contributed by atoms with Gasteiger partial charge in [0.15, 0.2) is 5.16 Å². The number of thioether (sulfide) groups is 1. The van der Waals surface area contributed by atoms with Crippen molar-refractivity contribution >= 4 is 44.3 Å². The average molecular weight is 375 g/mol. The zero-order chi connectivity index (χ0) is 18.4. The van der Waals surface area contributed by atoms with E-state index < -0.39 is 0 Å². The molecule has 0 aliphatic carbocycles. The first-order valence-corrected chi connectivity index (χ1v) is 9.48. The van der Waals surface area contributed by atoms with Crippen molar-refractivity contribution in [2.45, 2.75) is 10.9 Å². The predicted molar refractivity (Wildman–Crippen MR) is 108 cm³/mol. The summed E-state index contributed by atoms with van der Waals surface area (Å²) in [5.41, 5.74) is 2.51. The minimum atomic E-state index is -0.371. The van der Waals surface area contributed by atoms with E-state index in [1.807, 2.05) is 24.3 Å². The Labute approximate surface area is 157 Å². The number of imidazole rings is 1. The van der Waals surface area contributed by atoms with Crippen LogP contribution in [0.2, 0.25) is 0 Å². The zero-order valence-corrected chi connectivity index (χ0v) is 14.9. The minimum Gasteiger partial charge on any atom is -0.332 e. The molecule has 0 fully saturated rings. The van der Waals surface area contributed by atoms with E-state index in [4.69, 9.17) is 4.98 Å². The lowest BCUT2D eigenvalue weighted by Crippen LogP contribution is -2.05. The summed E-state index contributed by atoms with van der Waals surface area (Å²) in [7, 11) is 0. The van der Waals surface area contributed by atoms with Crippen molar-refractivity contribution in [3.05, 3.63) is 82.5 Å². The fraction of sp³-hybridized carbons (Fsp3) is 0.0476. The normalized spacial score (nSPS) is 11.6. The highest BCUT2D eigenvalue weighted by Crippen LogP contribution is 2.34. The van der Waals surface area contributed by atoms with Crippen molar-refractivity contribution in [3.8, 4) is 0 Å². The lowest BCUT2D eigenvalue weighted by molar-refractivity contribution is 0.630. The van der Waals surface area contributed by atoms with Crippen LogP contribution in [0.4, 0.5) is 4.39 Å². The van der Waals surface area contributed by atoms with E-state index in [0.29, 0.717) is 10.8 Å². The van der Waals surface area contributed by atoms with Gasteiger partial charge in [-0.25, -0.2) is 9.37 Å². The number of hydrogen-bond acceptors (Lipinski definition) is 3. The van der Waals surface area contributed by atoms with Crippen LogP contribution >= 0.6 is 11.8 Å². The van der Waals surface area contributed by atoms with Crippen LogP contribution in [0, 0.1) is 5.82 Å². The minimum absolute atomic E-state index is 0.244. The summed E-state index contributed by atoms with van der Waals surface area (Å²) in [6.45, 7) is 0. The largest absolute Gasteiger partial charge is 0.332 e. The molecule has 2 aromatic heterocycles. The van der Waals surface area contributed by atoms with Gasteiger partial charge in [-0.05, 0) is 29.8 Å². The SMILES string of the molecule is O=c1[nH]ccc2c3nc(SCc4ccccc4)[nH]c3c3ccc(F)cc3c12. The number of nitrogens with one attached hydrogen (secondary N) is 2. The van der Waals surface area contributed by atoms with Crippen LogP contribution in [0.15, 0.2) is 70.7 Å². The number of pyridine rings is 1. The maximum atomic E-state index is 13.9. The summed E-state index contributed by atoms with van der Waals surface area (Å²) in [4.78, 5) is 23.2. The summed E-state index contributed by atoms with van der Waals surface area (Å²) in [6.07, 6.45) is 1.60. The molecule has 3 aromatic carbocycles. The van der Waals surface area contributed by atoms with Gasteiger partial charge in [-0.1, -0.05) is 42.1 Å². The maximum Gasteiger partial charge on any atom is 0.256 e. The first-order valence-electron chi connectivity index (χ1n) is 8.50. The van der Waals surface area contributed by atoms with Gasteiger partial charge in [0.05, 0.1) is 16.4 Å². The van der Waals surface area contributed by atoms with Crippen LogP contribution in [0.5, 0.6) is 0 Å². The monoisotopic (exact) mass is 375 g/mol. The predicted octanol–water partition coefficient (Wildman–Crippen LogP) is 4.99. The molecule has 2 heterocycles. The van der Waals surface area contributed by atoms with Crippen LogP contribution in [-0.2, 0) is 5.75 Å². The molecule has 5 aromatic rings. The Morgan fingerprint density at radius 3 is 2.70 bits per heavy atom. The molecule has 0 amide bonds. The molecular formula is C21H14FN3OS. The zero-order valence-electron chi connectivity index (χ0n) is 14.1. The lowest BCUT2D eigenvalue weighted by Gasteiger charge is -2.05. The van der Waals surface area contributed by atoms with Gasteiger partial charge in [-0.3, -0.25) is 4.79 Å². The molecular weight excluding hydrogens is 361 g/mol. The first kappa shape index (κ1) is 16.1. The molecule has 27 heavy (non-hydrogen) atoms. The Bertz CT molecular complexity index is 1360. The second-order valence-corrected chi connectivity index (χ2v) is 7.29. The van der Waals surface area contributed by atoms with Crippen LogP contribution in [0.25, 0.3) is 32.6 Å². The van der Waals surface area contributed by atoms with Gasteiger partial charge in [0.1, 0.15) is 5.82 Å². The average Bonchev–Trinajstić information content (AvgIpc) is 3.12. The molecule has 0 saturated carbocycles. The molecule has 0 atom stereocenters. The van der Waals surface area contributed by atoms with Crippen molar-refractivity contribution in [2.24, 2.45) is 0 Å². The van der Waals surface area contributed by atoms with Gasteiger partial charge in [-0.2, -0.15) is 0 Å². The highest BCUT2D eigenvalue weighted by molar-refractivity contribution is 7.98. The molecule has 0 unspecified atom stereocenters. The number of rotatable bonds is 3. The van der Waals surface area contributed by atoms with Gasteiger partial charge >= 0.3 is 0 Å². The third-order valence-corrected chi connectivity index (χ3v) is 5.58. The molecule has 0 aliphatic rings. The molecule has 0 radical (unpaired) electrons. The Morgan fingerprint density at radius 2 is 1.85 bits per heavy atom. The van der Waals surface area contributed by atoms with E-state index in [9.17, 15) is 9.18 Å². The lowest BCUT2D eigenvalue weighted by atomic mass is 10.0. The Kier molecular flexibility index (Phi) is 3.72. The molecule has 5 rings (SSSR count). The molecule has 132 valence electrons. The standard InChI is InChI=1S/C21H14FN3OS/c22-13-6-7-14-16(10-13)17-15(8-9-23-20(17)26)19-18(14)24-21(25-19)27-11-12-4-2-1-3-5-12/h1-10H,11H2,(H,23,26)(H,24,25). The number of benzene rings is 3. The summed E-state index contributed by atoms with van der Waals surface area (Å²) in [5.74, 6) is 0.413. The number of H-pyrrole nitrogens is 2. The van der Waals surface area contributed by atoms with E-state index in [0.717, 1.165) is 32.7 Å². The number of hydrogen-bond donors (Lipinski definition) is 2. The first-order chi connectivity index (χ1) is 13.2. The van der Waals surface area contributed by atoms with Crippen molar-refractivity contribution in [1.82, 2.24) is 15.0 Å². The van der Waals surface area contributed by atoms with Gasteiger partial charge in [0, 0.05) is 28.1 Å². The molecule has 0 bridgehead atoms. The molecule has 0 saturated heterocycles. The van der Waals surface area contributed by atoms with Gasteiger partial charge in [0.2, 0.25) is 0 Å². The van der Waals surface area contributed by atoms with E-state index in [-0.39, 0.29) is 11.4 Å². The Balaban J connectivity index is 1.74. The van der Waals surface area contributed by atoms with E-state index >= 15 is 0 Å². The maximum absolute atomic E-state index is 13.9. The van der Waals surface area contributed by atoms with Gasteiger partial charge in [0.25, 0.3) is 5.56 Å². The smallest absolute Gasteiger partial charge is 0.256 e. The van der Waals surface area contributed by atoms with E-state index in [1.165, 1.54) is 17.7 Å². The van der Waals surface area contributed by atoms with Crippen molar-refractivity contribution < 1.29 is 4.39 Å². The van der Waals surface area contributed by atoms with Crippen molar-refractivity contribution in [2.75, 3.05) is 0 Å². The number of aromatic nitrogens is 3. The molecule has 0 spiro atoms.